The predicted octanol–water partition coefficient (Wildman–Crippen LogP) is 5.52. The van der Waals surface area contributed by atoms with Crippen molar-refractivity contribution in [3.8, 4) is 5.75 Å². The molecule has 5 nitrogen and oxygen atoms in total. The van der Waals surface area contributed by atoms with E-state index in [4.69, 9.17) is 16.3 Å². The van der Waals surface area contributed by atoms with Crippen molar-refractivity contribution >= 4 is 23.3 Å². The van der Waals surface area contributed by atoms with E-state index in [0.717, 1.165) is 48.9 Å². The molecule has 2 atom stereocenters. The van der Waals surface area contributed by atoms with Crippen LogP contribution in [-0.4, -0.2) is 43.7 Å². The Morgan fingerprint density at radius 1 is 1.03 bits per heavy atom. The standard InChI is InChI=1S/C25H32ClN3O2/c1-31-24-10-8-22(9-11-24)27-25(30)28-23-7-2-18(16-23)17-29-14-12-20(13-15-29)19-3-5-21(26)6-4-19/h3-6,8-11,18,20,23H,2,7,12-17H2,1H3,(H2,27,28,30)/t18-,23+/m1/s1. The number of amides is 2. The van der Waals surface area contributed by atoms with E-state index >= 15 is 0 Å². The van der Waals surface area contributed by atoms with Gasteiger partial charge in [-0.3, -0.25) is 0 Å². The van der Waals surface area contributed by atoms with Gasteiger partial charge in [0.05, 0.1) is 7.11 Å². The Kier molecular flexibility index (Phi) is 7.36. The number of ether oxygens (including phenoxy) is 1. The first-order chi connectivity index (χ1) is 15.1. The van der Waals surface area contributed by atoms with Crippen LogP contribution in [0.2, 0.25) is 5.02 Å². The number of halogens is 1. The molecule has 2 fully saturated rings. The van der Waals surface area contributed by atoms with Crippen LogP contribution >= 0.6 is 11.6 Å². The summed E-state index contributed by atoms with van der Waals surface area (Å²) in [6, 6.07) is 15.9. The average Bonchev–Trinajstić information content (AvgIpc) is 3.22. The van der Waals surface area contributed by atoms with Crippen molar-refractivity contribution in [3.63, 3.8) is 0 Å². The molecular formula is C25H32ClN3O2. The topological polar surface area (TPSA) is 53.6 Å². The number of anilines is 1. The highest BCUT2D eigenvalue weighted by atomic mass is 35.5. The van der Waals surface area contributed by atoms with Gasteiger partial charge in [-0.05, 0) is 99.0 Å². The molecule has 2 aromatic carbocycles. The summed E-state index contributed by atoms with van der Waals surface area (Å²) in [6.07, 6.45) is 5.72. The van der Waals surface area contributed by atoms with Gasteiger partial charge in [0.15, 0.2) is 0 Å². The van der Waals surface area contributed by atoms with Crippen molar-refractivity contribution in [1.29, 1.82) is 0 Å². The summed E-state index contributed by atoms with van der Waals surface area (Å²) in [5.74, 6) is 2.09. The second kappa shape index (κ2) is 10.4. The minimum Gasteiger partial charge on any atom is -0.497 e. The van der Waals surface area contributed by atoms with Crippen molar-refractivity contribution in [1.82, 2.24) is 10.2 Å². The number of nitrogens with zero attached hydrogens (tertiary/aromatic N) is 1. The van der Waals surface area contributed by atoms with Gasteiger partial charge in [0.1, 0.15) is 5.75 Å². The first-order valence-electron chi connectivity index (χ1n) is 11.3. The van der Waals surface area contributed by atoms with E-state index in [0.29, 0.717) is 11.8 Å². The van der Waals surface area contributed by atoms with Gasteiger partial charge in [0.2, 0.25) is 0 Å². The Labute approximate surface area is 190 Å². The molecule has 2 aromatic rings. The van der Waals surface area contributed by atoms with Gasteiger partial charge in [-0.1, -0.05) is 23.7 Å². The van der Waals surface area contributed by atoms with Gasteiger partial charge in [-0.2, -0.15) is 0 Å². The number of nitrogens with one attached hydrogen (secondary N) is 2. The van der Waals surface area contributed by atoms with E-state index in [1.54, 1.807) is 7.11 Å². The number of carbonyl (C=O) groups is 1. The molecule has 0 spiro atoms. The van der Waals surface area contributed by atoms with Gasteiger partial charge < -0.3 is 20.3 Å². The lowest BCUT2D eigenvalue weighted by atomic mass is 9.89. The van der Waals surface area contributed by atoms with E-state index in [2.05, 4.69) is 27.7 Å². The number of carbonyl (C=O) groups excluding carboxylic acids is 1. The fraction of sp³-hybridized carbons (Fsp3) is 0.480. The summed E-state index contributed by atoms with van der Waals surface area (Å²) < 4.78 is 5.15. The lowest BCUT2D eigenvalue weighted by Gasteiger charge is -2.33. The van der Waals surface area contributed by atoms with Crippen LogP contribution in [-0.2, 0) is 0 Å². The Morgan fingerprint density at radius 3 is 2.42 bits per heavy atom. The third-order valence-electron chi connectivity index (χ3n) is 6.67. The maximum Gasteiger partial charge on any atom is 0.319 e. The van der Waals surface area contributed by atoms with Crippen LogP contribution in [0.1, 0.15) is 43.6 Å². The number of methoxy groups -OCH3 is 1. The molecule has 0 bridgehead atoms. The molecule has 0 aromatic heterocycles. The Morgan fingerprint density at radius 2 is 1.74 bits per heavy atom. The fourth-order valence-corrected chi connectivity index (χ4v) is 5.07. The van der Waals surface area contributed by atoms with Gasteiger partial charge in [-0.25, -0.2) is 4.79 Å². The van der Waals surface area contributed by atoms with Crippen molar-refractivity contribution in [3.05, 3.63) is 59.1 Å². The van der Waals surface area contributed by atoms with Gasteiger partial charge in [0.25, 0.3) is 0 Å². The molecule has 0 radical (unpaired) electrons. The summed E-state index contributed by atoms with van der Waals surface area (Å²) >= 11 is 6.02. The first-order valence-corrected chi connectivity index (χ1v) is 11.7. The van der Waals surface area contributed by atoms with Crippen molar-refractivity contribution in [2.45, 2.75) is 44.1 Å². The highest BCUT2D eigenvalue weighted by Crippen LogP contribution is 2.32. The van der Waals surface area contributed by atoms with Crippen LogP contribution < -0.4 is 15.4 Å². The molecule has 2 N–H and O–H groups in total. The highest BCUT2D eigenvalue weighted by molar-refractivity contribution is 6.30. The van der Waals surface area contributed by atoms with Crippen LogP contribution in [0, 0.1) is 5.92 Å². The maximum absolute atomic E-state index is 12.3. The molecular weight excluding hydrogens is 410 g/mol. The zero-order chi connectivity index (χ0) is 21.6. The molecule has 2 aliphatic rings. The Hall–Kier alpha value is -2.24. The fourth-order valence-electron chi connectivity index (χ4n) is 4.95. The monoisotopic (exact) mass is 441 g/mol. The van der Waals surface area contributed by atoms with E-state index in [9.17, 15) is 4.79 Å². The first kappa shape index (κ1) is 22.0. The van der Waals surface area contributed by atoms with Gasteiger partial charge in [0, 0.05) is 23.3 Å². The summed E-state index contributed by atoms with van der Waals surface area (Å²) in [5, 5.41) is 6.87. The summed E-state index contributed by atoms with van der Waals surface area (Å²) in [7, 11) is 1.63. The molecule has 6 heteroatoms. The minimum atomic E-state index is -0.125. The second-order valence-electron chi connectivity index (χ2n) is 8.83. The van der Waals surface area contributed by atoms with E-state index in [1.165, 1.54) is 24.8 Å². The minimum absolute atomic E-state index is 0.125. The number of piperidine rings is 1. The van der Waals surface area contributed by atoms with E-state index in [-0.39, 0.29) is 12.1 Å². The third kappa shape index (κ3) is 6.14. The van der Waals surface area contributed by atoms with Crippen molar-refractivity contribution < 1.29 is 9.53 Å². The Bertz CT molecular complexity index is 848. The molecule has 1 saturated carbocycles. The van der Waals surface area contributed by atoms with Crippen LogP contribution in [0.25, 0.3) is 0 Å². The van der Waals surface area contributed by atoms with Crippen LogP contribution in [0.5, 0.6) is 5.75 Å². The number of benzene rings is 2. The number of urea groups is 1. The van der Waals surface area contributed by atoms with E-state index in [1.807, 2.05) is 36.4 Å². The van der Waals surface area contributed by atoms with Gasteiger partial charge >= 0.3 is 6.03 Å². The van der Waals surface area contributed by atoms with Crippen molar-refractivity contribution in [2.24, 2.45) is 5.92 Å². The third-order valence-corrected chi connectivity index (χ3v) is 6.92. The molecule has 4 rings (SSSR count). The van der Waals surface area contributed by atoms with Gasteiger partial charge in [-0.15, -0.1) is 0 Å². The molecule has 0 unspecified atom stereocenters. The predicted molar refractivity (Wildman–Crippen MR) is 126 cm³/mol. The molecule has 1 aliphatic heterocycles. The SMILES string of the molecule is COc1ccc(NC(=O)N[C@H]2CC[C@@H](CN3CCC(c4ccc(Cl)cc4)CC3)C2)cc1. The normalized spacial score (nSPS) is 22.3. The molecule has 31 heavy (non-hydrogen) atoms. The van der Waals surface area contributed by atoms with Crippen LogP contribution in [0.4, 0.5) is 10.5 Å². The lowest BCUT2D eigenvalue weighted by molar-refractivity contribution is 0.182. The molecule has 1 saturated heterocycles. The Balaban J connectivity index is 1.17. The summed E-state index contributed by atoms with van der Waals surface area (Å²) in [5.41, 5.74) is 2.19. The summed E-state index contributed by atoms with van der Waals surface area (Å²) in [4.78, 5) is 14.9. The van der Waals surface area contributed by atoms with Crippen LogP contribution in [0.15, 0.2) is 48.5 Å². The van der Waals surface area contributed by atoms with Crippen molar-refractivity contribution in [2.75, 3.05) is 32.1 Å². The number of hydrogen-bond donors (Lipinski definition) is 2. The largest absolute Gasteiger partial charge is 0.497 e. The second-order valence-corrected chi connectivity index (χ2v) is 9.27. The molecule has 2 amide bonds. The van der Waals surface area contributed by atoms with Crippen LogP contribution in [0.3, 0.4) is 0 Å². The number of likely N-dealkylation sites (tertiary alicyclic amines) is 1. The number of hydrogen-bond acceptors (Lipinski definition) is 3. The molecule has 166 valence electrons. The summed E-state index contributed by atoms with van der Waals surface area (Å²) in [6.45, 7) is 3.45. The zero-order valence-electron chi connectivity index (χ0n) is 18.1. The molecule has 1 heterocycles. The zero-order valence-corrected chi connectivity index (χ0v) is 18.9. The molecule has 1 aliphatic carbocycles. The number of rotatable bonds is 6. The average molecular weight is 442 g/mol. The maximum atomic E-state index is 12.3. The highest BCUT2D eigenvalue weighted by Gasteiger charge is 2.29. The quantitative estimate of drug-likeness (QED) is 0.620. The smallest absolute Gasteiger partial charge is 0.319 e. The lowest BCUT2D eigenvalue weighted by Crippen LogP contribution is -2.38. The van der Waals surface area contributed by atoms with E-state index < -0.39 is 0 Å².